The predicted molar refractivity (Wildman–Crippen MR) is 63.1 cm³/mol. The van der Waals surface area contributed by atoms with Crippen LogP contribution in [0.1, 0.15) is 19.5 Å². The molecule has 0 unspecified atom stereocenters. The summed E-state index contributed by atoms with van der Waals surface area (Å²) in [5, 5.41) is 16.2. The van der Waals surface area contributed by atoms with E-state index in [1.165, 1.54) is 0 Å². The Morgan fingerprint density at radius 2 is 2.24 bits per heavy atom. The summed E-state index contributed by atoms with van der Waals surface area (Å²) in [4.78, 5) is 15.2. The normalized spacial score (nSPS) is 11.7. The fraction of sp³-hybridized carbons (Fsp3) is 0.364. The zero-order chi connectivity index (χ0) is 12.6. The van der Waals surface area contributed by atoms with Crippen molar-refractivity contribution >= 4 is 17.3 Å². The maximum Gasteiger partial charge on any atom is 0.328 e. The van der Waals surface area contributed by atoms with Crippen LogP contribution in [0.5, 0.6) is 0 Å². The Hall–Kier alpha value is -2.11. The number of anilines is 1. The Morgan fingerprint density at radius 1 is 1.53 bits per heavy atom. The van der Waals surface area contributed by atoms with Crippen molar-refractivity contribution in [3.05, 3.63) is 24.2 Å². The van der Waals surface area contributed by atoms with Gasteiger partial charge in [-0.1, -0.05) is 0 Å². The van der Waals surface area contributed by atoms with Crippen molar-refractivity contribution in [2.45, 2.75) is 26.3 Å². The van der Waals surface area contributed by atoms with Gasteiger partial charge in [-0.15, -0.1) is 0 Å². The van der Waals surface area contributed by atoms with Gasteiger partial charge in [-0.2, -0.15) is 5.10 Å². The van der Waals surface area contributed by atoms with Gasteiger partial charge in [-0.3, -0.25) is 0 Å². The second kappa shape index (κ2) is 3.73. The number of nitrogens with one attached hydrogen (secondary N) is 1. The van der Waals surface area contributed by atoms with Gasteiger partial charge in [0.25, 0.3) is 0 Å². The fourth-order valence-electron chi connectivity index (χ4n) is 1.49. The Morgan fingerprint density at radius 3 is 2.88 bits per heavy atom. The molecule has 90 valence electrons. The fourth-order valence-corrected chi connectivity index (χ4v) is 1.49. The maximum atomic E-state index is 11.1. The Kier molecular flexibility index (Phi) is 2.49. The molecule has 17 heavy (non-hydrogen) atoms. The standard InChI is InChI=1S/C11H14N4O2/c1-7-6-8-9(12-4-5-15(8)14-7)13-11(2,3)10(16)17/h4-6H,1-3H3,(H,12,13)(H,16,17). The van der Waals surface area contributed by atoms with Gasteiger partial charge in [0.15, 0.2) is 5.82 Å². The van der Waals surface area contributed by atoms with E-state index in [1.54, 1.807) is 30.8 Å². The number of hydrogen-bond acceptors (Lipinski definition) is 4. The van der Waals surface area contributed by atoms with Gasteiger partial charge < -0.3 is 10.4 Å². The van der Waals surface area contributed by atoms with Crippen LogP contribution < -0.4 is 5.32 Å². The highest BCUT2D eigenvalue weighted by Crippen LogP contribution is 2.19. The van der Waals surface area contributed by atoms with Crippen molar-refractivity contribution < 1.29 is 9.90 Å². The SMILES string of the molecule is Cc1cc2c(NC(C)(C)C(=O)O)nccn2n1. The number of hydrogen-bond donors (Lipinski definition) is 2. The molecule has 0 aliphatic heterocycles. The molecule has 6 heteroatoms. The zero-order valence-corrected chi connectivity index (χ0v) is 9.93. The Balaban J connectivity index is 2.46. The molecule has 0 fully saturated rings. The summed E-state index contributed by atoms with van der Waals surface area (Å²) in [7, 11) is 0. The average molecular weight is 234 g/mol. The molecule has 2 aromatic rings. The molecule has 2 aromatic heterocycles. The molecule has 0 saturated heterocycles. The lowest BCUT2D eigenvalue weighted by Crippen LogP contribution is -2.40. The second-order valence-electron chi connectivity index (χ2n) is 4.45. The van der Waals surface area contributed by atoms with Gasteiger partial charge in [0.1, 0.15) is 11.1 Å². The highest BCUT2D eigenvalue weighted by atomic mass is 16.4. The molecular weight excluding hydrogens is 220 g/mol. The van der Waals surface area contributed by atoms with E-state index in [0.717, 1.165) is 11.2 Å². The number of fused-ring (bicyclic) bond motifs is 1. The first-order chi connectivity index (χ1) is 7.90. The van der Waals surface area contributed by atoms with Crippen LogP contribution in [0.2, 0.25) is 0 Å². The molecule has 0 bridgehead atoms. The maximum absolute atomic E-state index is 11.1. The number of nitrogens with zero attached hydrogens (tertiary/aromatic N) is 3. The number of carbonyl (C=O) groups is 1. The van der Waals surface area contributed by atoms with Gasteiger partial charge >= 0.3 is 5.97 Å². The molecule has 0 aliphatic rings. The van der Waals surface area contributed by atoms with Crippen LogP contribution in [0.3, 0.4) is 0 Å². The van der Waals surface area contributed by atoms with E-state index in [-0.39, 0.29) is 0 Å². The van der Waals surface area contributed by atoms with Crippen LogP contribution in [-0.2, 0) is 4.79 Å². The van der Waals surface area contributed by atoms with Crippen molar-refractivity contribution in [2.24, 2.45) is 0 Å². The van der Waals surface area contributed by atoms with E-state index in [2.05, 4.69) is 15.4 Å². The molecule has 0 aliphatic carbocycles. The number of aromatic nitrogens is 3. The number of carboxylic acid groups (broad SMARTS) is 1. The third-order valence-corrected chi connectivity index (χ3v) is 2.48. The lowest BCUT2D eigenvalue weighted by Gasteiger charge is -2.21. The van der Waals surface area contributed by atoms with Gasteiger partial charge in [0.05, 0.1) is 5.69 Å². The van der Waals surface area contributed by atoms with Crippen LogP contribution in [0.15, 0.2) is 18.5 Å². The van der Waals surface area contributed by atoms with Crippen molar-refractivity contribution in [1.29, 1.82) is 0 Å². The third-order valence-electron chi connectivity index (χ3n) is 2.48. The minimum absolute atomic E-state index is 0.514. The molecule has 2 rings (SSSR count). The van der Waals surface area contributed by atoms with E-state index in [9.17, 15) is 4.79 Å². The van der Waals surface area contributed by atoms with Crippen LogP contribution in [0.25, 0.3) is 5.52 Å². The largest absolute Gasteiger partial charge is 0.480 e. The lowest BCUT2D eigenvalue weighted by atomic mass is 10.1. The van der Waals surface area contributed by atoms with Gasteiger partial charge in [-0.25, -0.2) is 14.3 Å². The molecule has 0 radical (unpaired) electrons. The molecule has 0 atom stereocenters. The molecule has 2 N–H and O–H groups in total. The first kappa shape index (κ1) is 11.4. The summed E-state index contributed by atoms with van der Waals surface area (Å²) < 4.78 is 1.67. The first-order valence-corrected chi connectivity index (χ1v) is 5.23. The minimum atomic E-state index is -1.08. The third kappa shape index (κ3) is 2.06. The van der Waals surface area contributed by atoms with Crippen LogP contribution in [-0.4, -0.2) is 31.2 Å². The summed E-state index contributed by atoms with van der Waals surface area (Å²) in [6, 6.07) is 1.85. The topological polar surface area (TPSA) is 79.5 Å². The van der Waals surface area contributed by atoms with Crippen LogP contribution in [0, 0.1) is 6.92 Å². The lowest BCUT2D eigenvalue weighted by molar-refractivity contribution is -0.141. The van der Waals surface area contributed by atoms with Crippen molar-refractivity contribution in [2.75, 3.05) is 5.32 Å². The minimum Gasteiger partial charge on any atom is -0.480 e. The quantitative estimate of drug-likeness (QED) is 0.837. The Labute approximate surface area is 98.3 Å². The van der Waals surface area contributed by atoms with E-state index in [1.807, 2.05) is 13.0 Å². The highest BCUT2D eigenvalue weighted by molar-refractivity contribution is 5.83. The summed E-state index contributed by atoms with van der Waals surface area (Å²) in [5.41, 5.74) is 0.543. The smallest absolute Gasteiger partial charge is 0.328 e. The van der Waals surface area contributed by atoms with Crippen LogP contribution in [0.4, 0.5) is 5.82 Å². The molecule has 6 nitrogen and oxygen atoms in total. The first-order valence-electron chi connectivity index (χ1n) is 5.23. The van der Waals surface area contributed by atoms with E-state index >= 15 is 0 Å². The average Bonchev–Trinajstić information content (AvgIpc) is 2.59. The summed E-state index contributed by atoms with van der Waals surface area (Å²) in [6.07, 6.45) is 3.31. The van der Waals surface area contributed by atoms with E-state index < -0.39 is 11.5 Å². The van der Waals surface area contributed by atoms with E-state index in [4.69, 9.17) is 5.11 Å². The van der Waals surface area contributed by atoms with Crippen molar-refractivity contribution in [1.82, 2.24) is 14.6 Å². The van der Waals surface area contributed by atoms with Crippen molar-refractivity contribution in [3.8, 4) is 0 Å². The second-order valence-corrected chi connectivity index (χ2v) is 4.45. The molecule has 0 spiro atoms. The monoisotopic (exact) mass is 234 g/mol. The van der Waals surface area contributed by atoms with Gasteiger partial charge in [0, 0.05) is 12.4 Å². The molecule has 0 saturated carbocycles. The summed E-state index contributed by atoms with van der Waals surface area (Å²) in [5.74, 6) is -0.418. The number of aliphatic carboxylic acids is 1. The van der Waals surface area contributed by atoms with Gasteiger partial charge in [-0.05, 0) is 26.8 Å². The number of rotatable bonds is 3. The Bertz CT molecular complexity index is 574. The van der Waals surface area contributed by atoms with Crippen molar-refractivity contribution in [3.63, 3.8) is 0 Å². The predicted octanol–water partition coefficient (Wildman–Crippen LogP) is 1.31. The van der Waals surface area contributed by atoms with Gasteiger partial charge in [0.2, 0.25) is 0 Å². The summed E-state index contributed by atoms with van der Waals surface area (Å²) >= 11 is 0. The van der Waals surface area contributed by atoms with Crippen LogP contribution >= 0.6 is 0 Å². The number of carboxylic acids is 1. The molecule has 2 heterocycles. The molecule has 0 aromatic carbocycles. The number of aryl methyl sites for hydroxylation is 1. The summed E-state index contributed by atoms with van der Waals surface area (Å²) in [6.45, 7) is 5.05. The highest BCUT2D eigenvalue weighted by Gasteiger charge is 2.28. The van der Waals surface area contributed by atoms with E-state index in [0.29, 0.717) is 5.82 Å². The molecule has 0 amide bonds. The molecular formula is C11H14N4O2. The zero-order valence-electron chi connectivity index (χ0n) is 9.93.